The van der Waals surface area contributed by atoms with Crippen LogP contribution in [0.2, 0.25) is 0 Å². The Bertz CT molecular complexity index is 579. The predicted molar refractivity (Wildman–Crippen MR) is 84.0 cm³/mol. The number of thioether (sulfide) groups is 1. The number of hydrogen-bond acceptors (Lipinski definition) is 7. The number of nitro benzene ring substituents is 1. The van der Waals surface area contributed by atoms with Crippen LogP contribution in [0.3, 0.4) is 0 Å². The number of nitrogens with zero attached hydrogens (tertiary/aromatic N) is 1. The number of esters is 1. The van der Waals surface area contributed by atoms with Crippen molar-refractivity contribution in [1.29, 1.82) is 0 Å². The van der Waals surface area contributed by atoms with Gasteiger partial charge in [-0.15, -0.1) is 0 Å². The molecule has 0 unspecified atom stereocenters. The fourth-order valence-electron chi connectivity index (χ4n) is 1.64. The number of nitro groups is 1. The first-order valence-electron chi connectivity index (χ1n) is 6.32. The largest absolute Gasteiger partial charge is 0.465 e. The van der Waals surface area contributed by atoms with E-state index >= 15 is 0 Å². The predicted octanol–water partition coefficient (Wildman–Crippen LogP) is 1.40. The minimum atomic E-state index is -0.731. The third-order valence-electron chi connectivity index (χ3n) is 2.79. The monoisotopic (exact) mass is 327 g/mol. The molecule has 22 heavy (non-hydrogen) atoms. The van der Waals surface area contributed by atoms with Gasteiger partial charge in [-0.05, 0) is 24.5 Å². The van der Waals surface area contributed by atoms with Crippen molar-refractivity contribution in [3.8, 4) is 0 Å². The van der Waals surface area contributed by atoms with E-state index in [1.807, 2.05) is 6.26 Å². The van der Waals surface area contributed by atoms with Gasteiger partial charge in [0, 0.05) is 17.8 Å². The van der Waals surface area contributed by atoms with Crippen molar-refractivity contribution in [3.05, 3.63) is 33.9 Å². The van der Waals surface area contributed by atoms with E-state index in [1.54, 1.807) is 11.8 Å². The van der Waals surface area contributed by atoms with Gasteiger partial charge in [-0.2, -0.15) is 11.8 Å². The second-order valence-electron chi connectivity index (χ2n) is 4.39. The normalized spacial score (nSPS) is 11.6. The lowest BCUT2D eigenvalue weighted by atomic mass is 10.1. The molecule has 1 rings (SSSR count). The molecule has 0 fully saturated rings. The highest BCUT2D eigenvalue weighted by molar-refractivity contribution is 7.98. The van der Waals surface area contributed by atoms with Crippen molar-refractivity contribution in [1.82, 2.24) is 0 Å². The highest BCUT2D eigenvalue weighted by atomic mass is 32.2. The highest BCUT2D eigenvalue weighted by Crippen LogP contribution is 2.22. The Morgan fingerprint density at radius 2 is 2.14 bits per heavy atom. The van der Waals surface area contributed by atoms with Gasteiger partial charge in [0.05, 0.1) is 23.6 Å². The molecule has 0 aliphatic heterocycles. The Morgan fingerprint density at radius 3 is 2.68 bits per heavy atom. The zero-order chi connectivity index (χ0) is 16.7. The summed E-state index contributed by atoms with van der Waals surface area (Å²) in [4.78, 5) is 33.7. The fourth-order valence-corrected chi connectivity index (χ4v) is 2.12. The van der Waals surface area contributed by atoms with Crippen molar-refractivity contribution < 1.29 is 19.2 Å². The smallest absolute Gasteiger partial charge is 0.338 e. The lowest BCUT2D eigenvalue weighted by Gasteiger charge is -2.12. The van der Waals surface area contributed by atoms with Crippen LogP contribution >= 0.6 is 11.8 Å². The molecule has 1 aromatic rings. The number of hydrogen-bond donors (Lipinski definition) is 2. The Hall–Kier alpha value is -2.13. The van der Waals surface area contributed by atoms with Crippen molar-refractivity contribution >= 4 is 35.0 Å². The maximum Gasteiger partial charge on any atom is 0.338 e. The molecule has 0 aliphatic rings. The zero-order valence-corrected chi connectivity index (χ0v) is 13.0. The van der Waals surface area contributed by atoms with Crippen LogP contribution in [0.15, 0.2) is 18.2 Å². The molecule has 1 atom stereocenters. The van der Waals surface area contributed by atoms with Gasteiger partial charge in [0.1, 0.15) is 0 Å². The van der Waals surface area contributed by atoms with E-state index in [2.05, 4.69) is 10.1 Å². The van der Waals surface area contributed by atoms with Crippen molar-refractivity contribution in [3.63, 3.8) is 0 Å². The van der Waals surface area contributed by atoms with E-state index in [1.165, 1.54) is 6.07 Å². The van der Waals surface area contributed by atoms with E-state index in [0.717, 1.165) is 25.0 Å². The maximum atomic E-state index is 11.9. The van der Waals surface area contributed by atoms with Crippen LogP contribution < -0.4 is 11.1 Å². The zero-order valence-electron chi connectivity index (χ0n) is 12.2. The summed E-state index contributed by atoms with van der Waals surface area (Å²) < 4.78 is 4.53. The molecule has 0 heterocycles. The summed E-state index contributed by atoms with van der Waals surface area (Å²) in [5.41, 5.74) is 5.50. The van der Waals surface area contributed by atoms with Crippen LogP contribution in [-0.2, 0) is 9.53 Å². The minimum absolute atomic E-state index is 0.0234. The van der Waals surface area contributed by atoms with Crippen molar-refractivity contribution in [2.24, 2.45) is 5.73 Å². The lowest BCUT2D eigenvalue weighted by Crippen LogP contribution is -2.36. The van der Waals surface area contributed by atoms with Crippen LogP contribution in [-0.4, -0.2) is 42.0 Å². The number of carbonyl (C=O) groups excluding carboxylic acids is 2. The molecule has 1 amide bonds. The SMILES string of the molecule is COC(=O)c1cc(NC(=O)[C@@H](N)CCSC)cc([N+](=O)[O-])c1. The summed E-state index contributed by atoms with van der Waals surface area (Å²) in [5, 5.41) is 13.4. The van der Waals surface area contributed by atoms with Crippen LogP contribution in [0.5, 0.6) is 0 Å². The average molecular weight is 327 g/mol. The number of carbonyl (C=O) groups is 2. The summed E-state index contributed by atoms with van der Waals surface area (Å²) in [5.74, 6) is -0.479. The third-order valence-corrected chi connectivity index (χ3v) is 3.43. The number of non-ortho nitro benzene ring substituents is 1. The van der Waals surface area contributed by atoms with Gasteiger partial charge in [0.2, 0.25) is 5.91 Å². The molecule has 0 saturated carbocycles. The highest BCUT2D eigenvalue weighted by Gasteiger charge is 2.18. The van der Waals surface area contributed by atoms with Gasteiger partial charge >= 0.3 is 5.97 Å². The average Bonchev–Trinajstić information content (AvgIpc) is 2.51. The Morgan fingerprint density at radius 1 is 1.45 bits per heavy atom. The quantitative estimate of drug-likeness (QED) is 0.440. The van der Waals surface area contributed by atoms with Crippen LogP contribution in [0.4, 0.5) is 11.4 Å². The Balaban J connectivity index is 2.98. The number of ether oxygens (including phenoxy) is 1. The molecule has 8 nitrogen and oxygen atoms in total. The molecule has 0 radical (unpaired) electrons. The first kappa shape index (κ1) is 17.9. The molecule has 0 aliphatic carbocycles. The minimum Gasteiger partial charge on any atom is -0.465 e. The fraction of sp³-hybridized carbons (Fsp3) is 0.385. The first-order chi connectivity index (χ1) is 10.4. The Kier molecular flexibility index (Phi) is 6.80. The molecule has 1 aromatic carbocycles. The lowest BCUT2D eigenvalue weighted by molar-refractivity contribution is -0.384. The number of nitrogens with two attached hydrogens (primary N) is 1. The van der Waals surface area contributed by atoms with E-state index in [4.69, 9.17) is 5.73 Å². The van der Waals surface area contributed by atoms with Crippen molar-refractivity contribution in [2.75, 3.05) is 24.4 Å². The molecule has 0 aromatic heterocycles. The summed E-state index contributed by atoms with van der Waals surface area (Å²) in [6, 6.07) is 2.81. The number of methoxy groups -OCH3 is 1. The summed E-state index contributed by atoms with van der Waals surface area (Å²) >= 11 is 1.56. The van der Waals surface area contributed by atoms with Gasteiger partial charge in [0.25, 0.3) is 5.69 Å². The van der Waals surface area contributed by atoms with Gasteiger partial charge in [-0.3, -0.25) is 14.9 Å². The van der Waals surface area contributed by atoms with E-state index in [0.29, 0.717) is 6.42 Å². The third kappa shape index (κ3) is 5.01. The van der Waals surface area contributed by atoms with Gasteiger partial charge in [-0.1, -0.05) is 0 Å². The molecule has 9 heteroatoms. The van der Waals surface area contributed by atoms with Crippen LogP contribution in [0.25, 0.3) is 0 Å². The van der Waals surface area contributed by atoms with Gasteiger partial charge in [-0.25, -0.2) is 4.79 Å². The number of anilines is 1. The summed E-state index contributed by atoms with van der Waals surface area (Å²) in [7, 11) is 1.16. The molecule has 120 valence electrons. The molecule has 0 bridgehead atoms. The number of amides is 1. The topological polar surface area (TPSA) is 125 Å². The molecular weight excluding hydrogens is 310 g/mol. The second-order valence-corrected chi connectivity index (χ2v) is 5.38. The van der Waals surface area contributed by atoms with Crippen molar-refractivity contribution in [2.45, 2.75) is 12.5 Å². The van der Waals surface area contributed by atoms with E-state index in [9.17, 15) is 19.7 Å². The number of nitrogens with one attached hydrogen (secondary N) is 1. The summed E-state index contributed by atoms with van der Waals surface area (Å²) in [6.45, 7) is 0. The molecule has 0 saturated heterocycles. The van der Waals surface area contributed by atoms with Gasteiger partial charge in [0.15, 0.2) is 0 Å². The standard InChI is InChI=1S/C13H17N3O5S/c1-21-13(18)8-5-9(7-10(6-8)16(19)20)15-12(17)11(14)3-4-22-2/h5-7,11H,3-4,14H2,1-2H3,(H,15,17)/t11-/m0/s1. The second kappa shape index (κ2) is 8.35. The molecular formula is C13H17N3O5S. The number of benzene rings is 1. The van der Waals surface area contributed by atoms with Crippen LogP contribution in [0, 0.1) is 10.1 Å². The maximum absolute atomic E-state index is 11.9. The molecule has 3 N–H and O–H groups in total. The number of rotatable bonds is 7. The van der Waals surface area contributed by atoms with Crippen LogP contribution in [0.1, 0.15) is 16.8 Å². The van der Waals surface area contributed by atoms with E-state index < -0.39 is 22.8 Å². The molecule has 0 spiro atoms. The summed E-state index contributed by atoms with van der Waals surface area (Å²) in [6.07, 6.45) is 2.37. The van der Waals surface area contributed by atoms with E-state index in [-0.39, 0.29) is 16.9 Å². The Labute approximate surface area is 131 Å². The van der Waals surface area contributed by atoms with Gasteiger partial charge < -0.3 is 15.8 Å². The first-order valence-corrected chi connectivity index (χ1v) is 7.71.